The molecule has 3 aliphatic rings. The molecule has 9 nitrogen and oxygen atoms in total. The molecule has 0 aromatic carbocycles. The number of pyridine rings is 2. The molecule has 0 N–H and O–H groups in total. The van der Waals surface area contributed by atoms with Crippen LogP contribution in [0.1, 0.15) is 64.3 Å². The monoisotopic (exact) mass is 544 g/mol. The molecule has 1 saturated carbocycles. The minimum atomic E-state index is -0.492. The van der Waals surface area contributed by atoms with Gasteiger partial charge < -0.3 is 9.64 Å². The van der Waals surface area contributed by atoms with Crippen LogP contribution >= 0.6 is 0 Å². The van der Waals surface area contributed by atoms with Crippen molar-refractivity contribution >= 4 is 22.8 Å². The van der Waals surface area contributed by atoms with Crippen molar-refractivity contribution in [1.82, 2.24) is 29.5 Å². The first-order chi connectivity index (χ1) is 19.1. The van der Waals surface area contributed by atoms with Crippen molar-refractivity contribution in [3.63, 3.8) is 0 Å². The van der Waals surface area contributed by atoms with Gasteiger partial charge in [0.15, 0.2) is 0 Å². The lowest BCUT2D eigenvalue weighted by molar-refractivity contribution is -0.140. The summed E-state index contributed by atoms with van der Waals surface area (Å²) < 4.78 is 7.45. The van der Waals surface area contributed by atoms with E-state index >= 15 is 0 Å². The van der Waals surface area contributed by atoms with Gasteiger partial charge in [0.05, 0.1) is 23.6 Å². The summed E-state index contributed by atoms with van der Waals surface area (Å²) >= 11 is 0. The number of ether oxygens (including phenoxy) is 1. The fourth-order valence-electron chi connectivity index (χ4n) is 6.55. The maximum atomic E-state index is 13.1. The number of carbonyl (C=O) groups excluding carboxylic acids is 2. The Bertz CT molecular complexity index is 1420. The van der Waals surface area contributed by atoms with E-state index in [1.54, 1.807) is 11.1 Å². The molecule has 2 aliphatic heterocycles. The Kier molecular flexibility index (Phi) is 6.89. The first-order valence-electron chi connectivity index (χ1n) is 14.6. The second-order valence-electron chi connectivity index (χ2n) is 13.1. The molecule has 0 bridgehead atoms. The van der Waals surface area contributed by atoms with Crippen molar-refractivity contribution in [3.8, 4) is 11.1 Å². The molecule has 0 atom stereocenters. The third kappa shape index (κ3) is 5.48. The highest BCUT2D eigenvalue weighted by atomic mass is 16.6. The number of nitrogens with zero attached hydrogens (tertiary/aromatic N) is 6. The van der Waals surface area contributed by atoms with Crippen LogP contribution in [-0.4, -0.2) is 73.2 Å². The number of carbonyl (C=O) groups is 2. The summed E-state index contributed by atoms with van der Waals surface area (Å²) in [6, 6.07) is 4.15. The highest BCUT2D eigenvalue weighted by Gasteiger charge is 2.55. The van der Waals surface area contributed by atoms with Gasteiger partial charge in [0, 0.05) is 72.8 Å². The van der Waals surface area contributed by atoms with Gasteiger partial charge in [-0.05, 0) is 71.7 Å². The molecule has 6 rings (SSSR count). The number of aromatic nitrogens is 4. The van der Waals surface area contributed by atoms with Gasteiger partial charge in [0.25, 0.3) is 0 Å². The first-order valence-corrected chi connectivity index (χ1v) is 14.6. The molecule has 1 spiro atoms. The fourth-order valence-corrected chi connectivity index (χ4v) is 6.55. The van der Waals surface area contributed by atoms with Crippen LogP contribution in [0.5, 0.6) is 0 Å². The third-order valence-electron chi connectivity index (χ3n) is 8.69. The molecule has 2 saturated heterocycles. The van der Waals surface area contributed by atoms with E-state index in [0.29, 0.717) is 19.5 Å². The molecule has 3 fully saturated rings. The van der Waals surface area contributed by atoms with E-state index in [4.69, 9.17) is 4.74 Å². The largest absolute Gasteiger partial charge is 0.444 e. The van der Waals surface area contributed by atoms with Crippen LogP contribution in [0.15, 0.2) is 30.7 Å². The number of Topliss-reactive ketones (excluding diaryl/α,β-unsaturated/α-hetero) is 1. The average Bonchev–Trinajstić information content (AvgIpc) is 3.21. The summed E-state index contributed by atoms with van der Waals surface area (Å²) in [5, 5.41) is 5.55. The van der Waals surface area contributed by atoms with E-state index in [0.717, 1.165) is 60.2 Å². The van der Waals surface area contributed by atoms with Crippen LogP contribution < -0.4 is 0 Å². The molecule has 212 valence electrons. The number of amides is 1. The number of fused-ring (bicyclic) bond motifs is 1. The van der Waals surface area contributed by atoms with Gasteiger partial charge in [-0.1, -0.05) is 6.42 Å². The lowest BCUT2D eigenvalue weighted by Crippen LogP contribution is -2.65. The highest BCUT2D eigenvalue weighted by Crippen LogP contribution is 2.52. The lowest BCUT2D eigenvalue weighted by Gasteiger charge is -2.58. The Morgan fingerprint density at radius 1 is 1.02 bits per heavy atom. The van der Waals surface area contributed by atoms with Crippen molar-refractivity contribution in [3.05, 3.63) is 42.1 Å². The average molecular weight is 545 g/mol. The second kappa shape index (κ2) is 10.3. The maximum absolute atomic E-state index is 13.1. The van der Waals surface area contributed by atoms with Gasteiger partial charge in [-0.15, -0.1) is 0 Å². The van der Waals surface area contributed by atoms with Crippen LogP contribution in [0.2, 0.25) is 0 Å². The number of aryl methyl sites for hydroxylation is 1. The number of ketones is 1. The zero-order chi connectivity index (χ0) is 28.1. The van der Waals surface area contributed by atoms with Gasteiger partial charge in [-0.25, -0.2) is 4.79 Å². The predicted molar refractivity (Wildman–Crippen MR) is 153 cm³/mol. The standard InChI is InChI=1S/C31H40N6O3/c1-30(2,3)40-29(39)37-19-31(20-37)13-23(14-31)28(38)12-24-11-21-10-22(15-33-26(21)17-32-24)25-16-34-35(4)27(25)18-36-8-6-5-7-9-36/h10-11,15-17,23H,5-9,12-14,18-20H2,1-4H3. The second-order valence-corrected chi connectivity index (χ2v) is 13.1. The summed E-state index contributed by atoms with van der Waals surface area (Å²) in [6.45, 7) is 10.2. The van der Waals surface area contributed by atoms with Crippen LogP contribution in [0.3, 0.4) is 0 Å². The van der Waals surface area contributed by atoms with E-state index < -0.39 is 5.60 Å². The summed E-state index contributed by atoms with van der Waals surface area (Å²) in [5.74, 6) is 0.267. The number of hydrogen-bond acceptors (Lipinski definition) is 7. The lowest BCUT2D eigenvalue weighted by atomic mass is 9.56. The number of rotatable bonds is 6. The van der Waals surface area contributed by atoms with E-state index in [-0.39, 0.29) is 23.2 Å². The summed E-state index contributed by atoms with van der Waals surface area (Å²) in [7, 11) is 2.01. The normalized spacial score (nSPS) is 19.4. The van der Waals surface area contributed by atoms with Crippen LogP contribution in [0, 0.1) is 11.3 Å². The van der Waals surface area contributed by atoms with Crippen LogP contribution in [0.4, 0.5) is 4.79 Å². The molecule has 3 aromatic heterocycles. The van der Waals surface area contributed by atoms with Crippen molar-refractivity contribution in [2.75, 3.05) is 26.2 Å². The number of likely N-dealkylation sites (tertiary alicyclic amines) is 2. The maximum Gasteiger partial charge on any atom is 0.410 e. The quantitative estimate of drug-likeness (QED) is 0.441. The Labute approximate surface area is 235 Å². The molecular weight excluding hydrogens is 504 g/mol. The Balaban J connectivity index is 1.09. The van der Waals surface area contributed by atoms with Crippen molar-refractivity contribution in [2.24, 2.45) is 18.4 Å². The molecule has 40 heavy (non-hydrogen) atoms. The summed E-state index contributed by atoms with van der Waals surface area (Å²) in [4.78, 5) is 38.9. The van der Waals surface area contributed by atoms with Gasteiger partial charge in [-0.2, -0.15) is 5.10 Å². The molecule has 1 aliphatic carbocycles. The van der Waals surface area contributed by atoms with E-state index in [2.05, 4.69) is 26.0 Å². The van der Waals surface area contributed by atoms with Gasteiger partial charge in [0.2, 0.25) is 0 Å². The Hall–Kier alpha value is -3.33. The third-order valence-corrected chi connectivity index (χ3v) is 8.69. The smallest absolute Gasteiger partial charge is 0.410 e. The first kappa shape index (κ1) is 26.9. The molecule has 9 heteroatoms. The Morgan fingerprint density at radius 3 is 2.50 bits per heavy atom. The summed E-state index contributed by atoms with van der Waals surface area (Å²) in [5.41, 5.74) is 4.54. The molecule has 5 heterocycles. The van der Waals surface area contributed by atoms with Gasteiger partial charge >= 0.3 is 6.09 Å². The van der Waals surface area contributed by atoms with Crippen molar-refractivity contribution < 1.29 is 14.3 Å². The SMILES string of the molecule is Cn1ncc(-c2cnc3cnc(CC(=O)C4CC5(C4)CN(C(=O)OC(C)(C)C)C5)cc3c2)c1CN1CCCCC1. The van der Waals surface area contributed by atoms with E-state index in [9.17, 15) is 9.59 Å². The molecular formula is C31H40N6O3. The number of piperidine rings is 1. The van der Waals surface area contributed by atoms with Crippen LogP contribution in [0.25, 0.3) is 22.0 Å². The molecule has 3 aromatic rings. The van der Waals surface area contributed by atoms with Crippen molar-refractivity contribution in [1.29, 1.82) is 0 Å². The number of hydrogen-bond donors (Lipinski definition) is 0. The molecule has 0 unspecified atom stereocenters. The van der Waals surface area contributed by atoms with Gasteiger partial charge in [0.1, 0.15) is 11.4 Å². The van der Waals surface area contributed by atoms with Crippen LogP contribution in [-0.2, 0) is 29.5 Å². The minimum Gasteiger partial charge on any atom is -0.444 e. The highest BCUT2D eigenvalue weighted by molar-refractivity contribution is 5.87. The van der Waals surface area contributed by atoms with E-state index in [1.165, 1.54) is 25.0 Å². The van der Waals surface area contributed by atoms with E-state index in [1.807, 2.05) is 51.0 Å². The summed E-state index contributed by atoms with van der Waals surface area (Å²) in [6.07, 6.45) is 11.2. The zero-order valence-corrected chi connectivity index (χ0v) is 24.2. The zero-order valence-electron chi connectivity index (χ0n) is 24.2. The van der Waals surface area contributed by atoms with Gasteiger partial charge in [-0.3, -0.25) is 24.3 Å². The Morgan fingerprint density at radius 2 is 1.77 bits per heavy atom. The predicted octanol–water partition coefficient (Wildman–Crippen LogP) is 4.77. The fraction of sp³-hybridized carbons (Fsp3) is 0.581. The minimum absolute atomic E-state index is 0.0375. The molecule has 1 amide bonds. The topological polar surface area (TPSA) is 93.5 Å². The molecule has 0 radical (unpaired) electrons. The van der Waals surface area contributed by atoms with Crippen molar-refractivity contribution in [2.45, 2.75) is 71.4 Å².